The van der Waals surface area contributed by atoms with E-state index in [1.54, 1.807) is 11.8 Å². The summed E-state index contributed by atoms with van der Waals surface area (Å²) in [5, 5.41) is 0. The van der Waals surface area contributed by atoms with Crippen LogP contribution in [0.2, 0.25) is 0 Å². The highest BCUT2D eigenvalue weighted by Crippen LogP contribution is 2.37. The highest BCUT2D eigenvalue weighted by atomic mass is 35.5. The molecule has 0 unspecified atom stereocenters. The van der Waals surface area contributed by atoms with Crippen molar-refractivity contribution in [3.63, 3.8) is 0 Å². The molecular weight excluding hydrogens is 290 g/mol. The molecule has 2 aromatic rings. The van der Waals surface area contributed by atoms with Crippen molar-refractivity contribution in [2.24, 2.45) is 0 Å². The van der Waals surface area contributed by atoms with Crippen molar-refractivity contribution in [2.45, 2.75) is 17.3 Å². The molecule has 0 atom stereocenters. The Morgan fingerprint density at radius 1 is 1.10 bits per heavy atom. The zero-order valence-electron chi connectivity index (χ0n) is 10.9. The van der Waals surface area contributed by atoms with Crippen LogP contribution in [0.25, 0.3) is 0 Å². The Morgan fingerprint density at radius 2 is 1.90 bits per heavy atom. The number of carbonyl (C=O) groups is 1. The van der Waals surface area contributed by atoms with Crippen LogP contribution in [0.5, 0.6) is 0 Å². The zero-order chi connectivity index (χ0) is 13.9. The maximum Gasteiger partial charge on any atom is 0.237 e. The van der Waals surface area contributed by atoms with Crippen LogP contribution >= 0.6 is 23.4 Å². The van der Waals surface area contributed by atoms with E-state index < -0.39 is 0 Å². The van der Waals surface area contributed by atoms with Crippen molar-refractivity contribution in [1.82, 2.24) is 0 Å². The largest absolute Gasteiger partial charge is 0.306 e. The molecule has 2 nitrogen and oxygen atoms in total. The molecule has 1 aliphatic heterocycles. The van der Waals surface area contributed by atoms with E-state index in [0.29, 0.717) is 18.2 Å². The van der Waals surface area contributed by atoms with Crippen LogP contribution in [0.1, 0.15) is 11.1 Å². The second kappa shape index (κ2) is 5.90. The first-order valence-corrected chi connectivity index (χ1v) is 7.96. The van der Waals surface area contributed by atoms with Crippen LogP contribution in [0.4, 0.5) is 5.69 Å². The molecule has 1 heterocycles. The van der Waals surface area contributed by atoms with Crippen molar-refractivity contribution in [2.75, 3.05) is 10.7 Å². The number of rotatable bonds is 3. The number of carbonyl (C=O) groups excluding carboxylic acids is 1. The van der Waals surface area contributed by atoms with E-state index in [4.69, 9.17) is 11.6 Å². The van der Waals surface area contributed by atoms with E-state index >= 15 is 0 Å². The van der Waals surface area contributed by atoms with Crippen LogP contribution in [-0.4, -0.2) is 11.7 Å². The van der Waals surface area contributed by atoms with E-state index in [1.807, 2.05) is 47.4 Å². The lowest BCUT2D eigenvalue weighted by atomic mass is 10.1. The highest BCUT2D eigenvalue weighted by molar-refractivity contribution is 8.00. The molecule has 0 spiro atoms. The summed E-state index contributed by atoms with van der Waals surface area (Å²) in [5.41, 5.74) is 3.15. The molecule has 1 amide bonds. The summed E-state index contributed by atoms with van der Waals surface area (Å²) in [5.74, 6) is 1.11. The normalized spacial score (nSPS) is 14.2. The van der Waals surface area contributed by atoms with E-state index in [2.05, 4.69) is 6.07 Å². The summed E-state index contributed by atoms with van der Waals surface area (Å²) in [6.07, 6.45) is 0. The van der Waals surface area contributed by atoms with Crippen molar-refractivity contribution >= 4 is 35.0 Å². The fourth-order valence-electron chi connectivity index (χ4n) is 2.27. The molecule has 4 heteroatoms. The van der Waals surface area contributed by atoms with Gasteiger partial charge in [-0.2, -0.15) is 0 Å². The second-order valence-electron chi connectivity index (χ2n) is 4.69. The molecule has 0 fully saturated rings. The van der Waals surface area contributed by atoms with E-state index in [1.165, 1.54) is 0 Å². The molecule has 0 saturated heterocycles. The minimum Gasteiger partial charge on any atom is -0.306 e. The molecule has 3 rings (SSSR count). The lowest BCUT2D eigenvalue weighted by Gasteiger charge is -2.29. The quantitative estimate of drug-likeness (QED) is 0.797. The number of benzene rings is 2. The van der Waals surface area contributed by atoms with E-state index in [0.717, 1.165) is 21.7 Å². The lowest BCUT2D eigenvalue weighted by molar-refractivity contribution is -0.116. The molecule has 0 saturated carbocycles. The predicted octanol–water partition coefficient (Wildman–Crippen LogP) is 4.06. The maximum absolute atomic E-state index is 12.2. The van der Waals surface area contributed by atoms with Gasteiger partial charge in [-0.3, -0.25) is 4.79 Å². The number of anilines is 1. The van der Waals surface area contributed by atoms with Gasteiger partial charge in [-0.1, -0.05) is 36.4 Å². The van der Waals surface area contributed by atoms with Crippen LogP contribution in [0.3, 0.4) is 0 Å². The zero-order valence-corrected chi connectivity index (χ0v) is 12.5. The molecule has 0 N–H and O–H groups in total. The number of hydrogen-bond acceptors (Lipinski definition) is 2. The molecule has 0 bridgehead atoms. The number of hydrogen-bond donors (Lipinski definition) is 0. The van der Waals surface area contributed by atoms with Crippen molar-refractivity contribution in [3.05, 3.63) is 59.7 Å². The highest BCUT2D eigenvalue weighted by Gasteiger charge is 2.24. The Hall–Kier alpha value is -1.45. The summed E-state index contributed by atoms with van der Waals surface area (Å²) >= 11 is 7.50. The topological polar surface area (TPSA) is 20.3 Å². The third-order valence-electron chi connectivity index (χ3n) is 3.30. The predicted molar refractivity (Wildman–Crippen MR) is 84.4 cm³/mol. The fraction of sp³-hybridized carbons (Fsp3) is 0.188. The summed E-state index contributed by atoms with van der Waals surface area (Å²) in [6.45, 7) is 0.610. The molecular formula is C16H14ClNOS. The van der Waals surface area contributed by atoms with Gasteiger partial charge >= 0.3 is 0 Å². The Kier molecular flexibility index (Phi) is 3.99. The van der Waals surface area contributed by atoms with Crippen LogP contribution in [-0.2, 0) is 17.2 Å². The van der Waals surface area contributed by atoms with Crippen molar-refractivity contribution in [1.29, 1.82) is 0 Å². The van der Waals surface area contributed by atoms with Crippen LogP contribution < -0.4 is 4.90 Å². The van der Waals surface area contributed by atoms with Gasteiger partial charge in [0.05, 0.1) is 18.0 Å². The minimum absolute atomic E-state index is 0.151. The lowest BCUT2D eigenvalue weighted by Crippen LogP contribution is -2.34. The Balaban J connectivity index is 1.96. The van der Waals surface area contributed by atoms with E-state index in [-0.39, 0.29) is 5.91 Å². The minimum atomic E-state index is 0.151. The number of halogens is 1. The fourth-order valence-corrected chi connectivity index (χ4v) is 3.35. The van der Waals surface area contributed by atoms with Crippen molar-refractivity contribution in [3.8, 4) is 0 Å². The first-order chi connectivity index (χ1) is 9.78. The van der Waals surface area contributed by atoms with Gasteiger partial charge in [0.1, 0.15) is 0 Å². The Bertz CT molecular complexity index is 630. The summed E-state index contributed by atoms with van der Waals surface area (Å²) < 4.78 is 0. The molecule has 2 aromatic carbocycles. The summed E-state index contributed by atoms with van der Waals surface area (Å²) in [7, 11) is 0. The monoisotopic (exact) mass is 303 g/mol. The second-order valence-corrected chi connectivity index (χ2v) is 5.97. The first kappa shape index (κ1) is 13.5. The van der Waals surface area contributed by atoms with Crippen LogP contribution in [0.15, 0.2) is 53.4 Å². The van der Waals surface area contributed by atoms with Gasteiger partial charge in [0.2, 0.25) is 5.91 Å². The third-order valence-corrected chi connectivity index (χ3v) is 4.66. The SMILES string of the molecule is O=C1CSc2ccc(CCl)cc2N1Cc1ccccc1. The Morgan fingerprint density at radius 3 is 2.65 bits per heavy atom. The molecule has 0 aromatic heterocycles. The maximum atomic E-state index is 12.2. The summed E-state index contributed by atoms with van der Waals surface area (Å²) in [6, 6.07) is 16.2. The van der Waals surface area contributed by atoms with Gasteiger partial charge in [0, 0.05) is 10.8 Å². The van der Waals surface area contributed by atoms with Gasteiger partial charge in [0.15, 0.2) is 0 Å². The smallest absolute Gasteiger partial charge is 0.237 e. The van der Waals surface area contributed by atoms with E-state index in [9.17, 15) is 4.79 Å². The molecule has 0 aliphatic carbocycles. The van der Waals surface area contributed by atoms with Gasteiger partial charge in [-0.05, 0) is 23.3 Å². The number of thioether (sulfide) groups is 1. The number of amides is 1. The van der Waals surface area contributed by atoms with Gasteiger partial charge in [-0.15, -0.1) is 23.4 Å². The van der Waals surface area contributed by atoms with Crippen molar-refractivity contribution < 1.29 is 4.79 Å². The first-order valence-electron chi connectivity index (χ1n) is 6.44. The third kappa shape index (κ3) is 2.69. The Labute approximate surface area is 127 Å². The number of nitrogens with zero attached hydrogens (tertiary/aromatic N) is 1. The van der Waals surface area contributed by atoms with Crippen LogP contribution in [0, 0.1) is 0 Å². The van der Waals surface area contributed by atoms with Gasteiger partial charge in [0.25, 0.3) is 0 Å². The van der Waals surface area contributed by atoms with Gasteiger partial charge in [-0.25, -0.2) is 0 Å². The average Bonchev–Trinajstić information content (AvgIpc) is 2.51. The molecule has 102 valence electrons. The molecule has 20 heavy (non-hydrogen) atoms. The number of alkyl halides is 1. The molecule has 1 aliphatic rings. The van der Waals surface area contributed by atoms with Gasteiger partial charge < -0.3 is 4.90 Å². The molecule has 0 radical (unpaired) electrons. The average molecular weight is 304 g/mol. The summed E-state index contributed by atoms with van der Waals surface area (Å²) in [4.78, 5) is 15.2. The standard InChI is InChI=1S/C16H14ClNOS/c17-9-13-6-7-15-14(8-13)18(16(19)11-20-15)10-12-4-2-1-3-5-12/h1-8H,9-11H2. The number of fused-ring (bicyclic) bond motifs is 1.